The van der Waals surface area contributed by atoms with E-state index in [0.717, 1.165) is 4.90 Å². The molecule has 1 fully saturated rings. The number of amides is 1. The first-order valence-electron chi connectivity index (χ1n) is 10.2. The van der Waals surface area contributed by atoms with E-state index in [2.05, 4.69) is 19.8 Å². The van der Waals surface area contributed by atoms with Gasteiger partial charge in [0, 0.05) is 30.4 Å². The van der Waals surface area contributed by atoms with E-state index in [0.29, 0.717) is 17.5 Å². The standard InChI is InChI=1S/C16H20N6O/c1-11-5-7-22(14(23)8-17-2)9-13(11)21(3)16-12-4-6-18-15(12)19-10-20-16/h4,6,10-11,13H,5,7-9H2,1,3H3,(H,18,19,20)/t11-,13+/m1/s1/i3D3,8D2,10D. The lowest BCUT2D eigenvalue weighted by atomic mass is 9.92. The van der Waals surface area contributed by atoms with E-state index in [1.54, 1.807) is 12.3 Å². The molecule has 23 heavy (non-hydrogen) atoms. The van der Waals surface area contributed by atoms with Gasteiger partial charge in [-0.1, -0.05) is 6.92 Å². The normalized spacial score (nSPS) is 26.2. The maximum atomic E-state index is 12.5. The van der Waals surface area contributed by atoms with E-state index in [9.17, 15) is 4.79 Å². The number of nitrogens with zero attached hydrogens (tertiary/aromatic N) is 5. The van der Waals surface area contributed by atoms with Gasteiger partial charge in [0.15, 0.2) is 0 Å². The third-order valence-electron chi connectivity index (χ3n) is 4.20. The molecule has 0 unspecified atom stereocenters. The second-order valence-corrected chi connectivity index (χ2v) is 5.57. The van der Waals surface area contributed by atoms with Crippen molar-refractivity contribution in [1.82, 2.24) is 19.9 Å². The summed E-state index contributed by atoms with van der Waals surface area (Å²) in [7, 11) is 0. The molecular formula is C16H20N6O. The minimum Gasteiger partial charge on any atom is -0.354 e. The Bertz CT molecular complexity index is 967. The van der Waals surface area contributed by atoms with Gasteiger partial charge in [-0.2, -0.15) is 0 Å². The number of anilines is 1. The van der Waals surface area contributed by atoms with Crippen molar-refractivity contribution < 1.29 is 13.0 Å². The summed E-state index contributed by atoms with van der Waals surface area (Å²) in [4.78, 5) is 28.4. The van der Waals surface area contributed by atoms with Crippen LogP contribution in [0.2, 0.25) is 0 Å². The maximum absolute atomic E-state index is 12.5. The first-order valence-corrected chi connectivity index (χ1v) is 7.25. The second-order valence-electron chi connectivity index (χ2n) is 5.57. The van der Waals surface area contributed by atoms with Crippen molar-refractivity contribution in [2.75, 3.05) is 31.5 Å². The number of carbonyl (C=O) groups excluding carboxylic acids is 1. The number of hydrogen-bond donors (Lipinski definition) is 1. The van der Waals surface area contributed by atoms with Gasteiger partial charge in [0.05, 0.1) is 11.4 Å². The predicted octanol–water partition coefficient (Wildman–Crippen LogP) is 1.55. The Labute approximate surface area is 143 Å². The number of hydrogen-bond acceptors (Lipinski definition) is 4. The topological polar surface area (TPSA) is 69.5 Å². The number of H-pyrrole nitrogens is 1. The van der Waals surface area contributed by atoms with E-state index in [-0.39, 0.29) is 31.1 Å². The fourth-order valence-corrected chi connectivity index (χ4v) is 2.84. The number of likely N-dealkylation sites (tertiary alicyclic amines) is 1. The van der Waals surface area contributed by atoms with Gasteiger partial charge < -0.3 is 19.6 Å². The third kappa shape index (κ3) is 2.84. The van der Waals surface area contributed by atoms with Crippen LogP contribution in [-0.2, 0) is 4.79 Å². The van der Waals surface area contributed by atoms with Gasteiger partial charge in [-0.25, -0.2) is 16.5 Å². The molecule has 2 aromatic heterocycles. The van der Waals surface area contributed by atoms with Crippen molar-refractivity contribution in [3.63, 3.8) is 0 Å². The highest BCUT2D eigenvalue weighted by Crippen LogP contribution is 2.28. The lowest BCUT2D eigenvalue weighted by molar-refractivity contribution is -0.130. The molecule has 0 aliphatic carbocycles. The van der Waals surface area contributed by atoms with Gasteiger partial charge >= 0.3 is 5.91 Å². The number of aromatic nitrogens is 3. The molecule has 0 saturated carbocycles. The summed E-state index contributed by atoms with van der Waals surface area (Å²) in [6, 6.07) is 0.908. The van der Waals surface area contributed by atoms with Gasteiger partial charge in [-0.15, -0.1) is 0 Å². The second kappa shape index (κ2) is 6.24. The van der Waals surface area contributed by atoms with Crippen LogP contribution in [0.1, 0.15) is 21.6 Å². The van der Waals surface area contributed by atoms with E-state index in [1.807, 2.05) is 6.92 Å². The van der Waals surface area contributed by atoms with Gasteiger partial charge in [0.2, 0.25) is 0 Å². The molecule has 3 heterocycles. The minimum absolute atomic E-state index is 0.0561. The fraction of sp³-hybridized carbons (Fsp3) is 0.500. The number of nitrogens with one attached hydrogen (secondary N) is 1. The zero-order valence-corrected chi connectivity index (χ0v) is 12.6. The van der Waals surface area contributed by atoms with Gasteiger partial charge in [-0.3, -0.25) is 4.79 Å². The number of likely N-dealkylation sites (N-methyl/N-ethyl adjacent to an activating group) is 1. The number of piperidine rings is 1. The largest absolute Gasteiger partial charge is 0.354 e. The van der Waals surface area contributed by atoms with Crippen molar-refractivity contribution in [1.29, 1.82) is 0 Å². The van der Waals surface area contributed by atoms with Crippen molar-refractivity contribution in [3.05, 3.63) is 30.0 Å². The highest BCUT2D eigenvalue weighted by molar-refractivity contribution is 5.87. The van der Waals surface area contributed by atoms with Crippen LogP contribution in [0.3, 0.4) is 0 Å². The number of fused-ring (bicyclic) bond motifs is 1. The van der Waals surface area contributed by atoms with E-state index < -0.39 is 25.4 Å². The molecule has 0 aromatic carbocycles. The van der Waals surface area contributed by atoms with Crippen molar-refractivity contribution >= 4 is 22.8 Å². The SMILES string of the molecule is [2H]c1nc(N([C@H]2CN(C(=O)C([2H])([2H])[N+]#[C-])CC[C@H]2C)C([2H])([2H])[2H])c2cc[nH]c2n1. The molecule has 7 nitrogen and oxygen atoms in total. The molecule has 2 atom stereocenters. The molecule has 1 aliphatic heterocycles. The number of carbonyl (C=O) groups is 1. The molecule has 0 spiro atoms. The van der Waals surface area contributed by atoms with E-state index in [4.69, 9.17) is 14.8 Å². The minimum atomic E-state index is -2.70. The Morgan fingerprint density at radius 1 is 1.74 bits per heavy atom. The monoisotopic (exact) mass is 318 g/mol. The van der Waals surface area contributed by atoms with Crippen LogP contribution in [0.25, 0.3) is 15.9 Å². The summed E-state index contributed by atoms with van der Waals surface area (Å²) in [5, 5.41) is 0.435. The molecule has 1 saturated heterocycles. The van der Waals surface area contributed by atoms with Crippen LogP contribution >= 0.6 is 0 Å². The van der Waals surface area contributed by atoms with Gasteiger partial charge in [0.25, 0.3) is 6.50 Å². The van der Waals surface area contributed by atoms with Gasteiger partial charge in [-0.05, 0) is 18.4 Å². The van der Waals surface area contributed by atoms with Crippen molar-refractivity contribution in [2.24, 2.45) is 5.92 Å². The highest BCUT2D eigenvalue weighted by atomic mass is 16.2. The van der Waals surface area contributed by atoms with Crippen molar-refractivity contribution in [3.8, 4) is 0 Å². The first kappa shape index (κ1) is 9.50. The van der Waals surface area contributed by atoms with Crippen LogP contribution < -0.4 is 4.90 Å². The Balaban J connectivity index is 2.05. The summed E-state index contributed by atoms with van der Waals surface area (Å²) >= 11 is 0. The molecule has 120 valence electrons. The average Bonchev–Trinajstić information content (AvgIpc) is 3.10. The first-order chi connectivity index (χ1) is 13.5. The smallest absolute Gasteiger partial charge is 0.302 e. The molecule has 1 aliphatic rings. The van der Waals surface area contributed by atoms with Crippen molar-refractivity contribution in [2.45, 2.75) is 19.4 Å². The third-order valence-corrected chi connectivity index (χ3v) is 4.20. The molecule has 2 aromatic rings. The zero-order valence-electron chi connectivity index (χ0n) is 18.6. The number of aromatic amines is 1. The Morgan fingerprint density at radius 3 is 3.39 bits per heavy atom. The number of rotatable bonds is 3. The average molecular weight is 318 g/mol. The summed E-state index contributed by atoms with van der Waals surface area (Å²) in [6.45, 7) is 3.60. The molecule has 1 N–H and O–H groups in total. The lowest BCUT2D eigenvalue weighted by Crippen LogP contribution is -2.53. The van der Waals surface area contributed by atoms with Crippen LogP contribution in [0.15, 0.2) is 18.6 Å². The maximum Gasteiger partial charge on any atom is 0.302 e. The predicted molar refractivity (Wildman–Crippen MR) is 87.9 cm³/mol. The molecule has 1 amide bonds. The van der Waals surface area contributed by atoms with Crippen LogP contribution in [0.4, 0.5) is 5.82 Å². The van der Waals surface area contributed by atoms with Crippen LogP contribution in [0, 0.1) is 12.5 Å². The van der Waals surface area contributed by atoms with E-state index >= 15 is 0 Å². The zero-order chi connectivity index (χ0) is 21.6. The Kier molecular flexibility index (Phi) is 2.58. The molecule has 0 bridgehead atoms. The van der Waals surface area contributed by atoms with Crippen LogP contribution in [-0.4, -0.2) is 58.4 Å². The summed E-state index contributed by atoms with van der Waals surface area (Å²) in [6.07, 6.45) is 1.67. The Morgan fingerprint density at radius 2 is 2.61 bits per heavy atom. The molecule has 0 radical (unpaired) electrons. The summed E-state index contributed by atoms with van der Waals surface area (Å²) in [5.74, 6) is -1.08. The Hall–Kier alpha value is -2.62. The molecular weight excluding hydrogens is 292 g/mol. The lowest BCUT2D eigenvalue weighted by Gasteiger charge is -2.41. The van der Waals surface area contributed by atoms with E-state index in [1.165, 1.54) is 4.90 Å². The summed E-state index contributed by atoms with van der Waals surface area (Å²) < 4.78 is 47.3. The summed E-state index contributed by atoms with van der Waals surface area (Å²) in [5.41, 5.74) is 0.329. The fourth-order valence-electron chi connectivity index (χ4n) is 2.84. The highest BCUT2D eigenvalue weighted by Gasteiger charge is 2.33. The quantitative estimate of drug-likeness (QED) is 0.872. The molecule has 7 heteroatoms. The molecule has 3 rings (SSSR count). The van der Waals surface area contributed by atoms with Crippen LogP contribution in [0.5, 0.6) is 0 Å². The van der Waals surface area contributed by atoms with Gasteiger partial charge in [0.1, 0.15) is 21.9 Å².